The highest BCUT2D eigenvalue weighted by molar-refractivity contribution is 14.1. The van der Waals surface area contributed by atoms with Crippen LogP contribution in [-0.4, -0.2) is 185 Å². The zero-order valence-corrected chi connectivity index (χ0v) is 79.2. The van der Waals surface area contributed by atoms with Crippen molar-refractivity contribution >= 4 is 90.5 Å². The number of aliphatic hydroxyl groups is 1. The zero-order valence-electron chi connectivity index (χ0n) is 73.9. The summed E-state index contributed by atoms with van der Waals surface area (Å²) in [5.41, 5.74) is 19.8. The van der Waals surface area contributed by atoms with E-state index in [-0.39, 0.29) is 102 Å². The molecule has 128 heavy (non-hydrogen) atoms. The van der Waals surface area contributed by atoms with Gasteiger partial charge < -0.3 is 49.3 Å². The summed E-state index contributed by atoms with van der Waals surface area (Å²) in [5, 5.41) is 34.5. The molecule has 10 aromatic rings. The van der Waals surface area contributed by atoms with Gasteiger partial charge in [-0.05, 0) is 176 Å². The van der Waals surface area contributed by atoms with E-state index in [9.17, 15) is 43.6 Å². The number of alkyl halides is 1. The van der Waals surface area contributed by atoms with Crippen LogP contribution in [0.15, 0.2) is 178 Å². The average Bonchev–Trinajstić information content (AvgIpc) is 1.64. The number of methoxy groups -OCH3 is 3. The van der Waals surface area contributed by atoms with Gasteiger partial charge in [0.25, 0.3) is 30.1 Å². The van der Waals surface area contributed by atoms with Crippen molar-refractivity contribution < 1.29 is 95.6 Å². The molecule has 4 aliphatic carbocycles. The van der Waals surface area contributed by atoms with E-state index < -0.39 is 78.9 Å². The number of ether oxygens (including phenoxy) is 7. The Kier molecular flexibility index (Phi) is 32.2. The van der Waals surface area contributed by atoms with Gasteiger partial charge in [0.05, 0.1) is 51.0 Å². The smallest absolute Gasteiger partial charge is 0.394 e. The number of nitrogens with two attached hydrogens (primary N) is 2. The molecule has 0 saturated heterocycles. The SMILES string of the molecule is CC1(O)COc2c(S(=O)(=O)N(Cc3ccccc3)Cc3ccccc3)cnn2C1.CI.COC1(C)COc2c(S(=O)(=O)N(Cc3ccccc3)Cc3ccccc3)cnn2C1.COC1(C)COc2c(S(=O)(=O)NC(=O)Nc3c4c(cc5c3CCC5)CCC4)cnn2C1.COC1(C)COc2c(S(N)(=O)=O)cnn2C1.Nc1c2c(cc3c1CCC3)CCC2.O=S(=O)(O)O.[2H]CC. The van der Waals surface area contributed by atoms with Gasteiger partial charge in [-0.3, -0.25) is 9.11 Å². The Morgan fingerprint density at radius 3 is 1.09 bits per heavy atom. The van der Waals surface area contributed by atoms with Gasteiger partial charge in [-0.1, -0.05) is 170 Å². The number of anilines is 2. The van der Waals surface area contributed by atoms with Crippen LogP contribution in [0, 0.1) is 0 Å². The van der Waals surface area contributed by atoms with Crippen LogP contribution in [-0.2, 0) is 168 Å². The summed E-state index contributed by atoms with van der Waals surface area (Å²) < 4.78 is 190. The van der Waals surface area contributed by atoms with Crippen LogP contribution in [0.2, 0.25) is 0 Å². The number of halogens is 1. The van der Waals surface area contributed by atoms with E-state index in [1.54, 1.807) is 39.9 Å². The molecule has 18 rings (SSSR count). The van der Waals surface area contributed by atoms with E-state index in [2.05, 4.69) is 65.2 Å². The average molecular weight is 1980 g/mol. The minimum absolute atomic E-state index is 0.0125. The number of fused-ring (bicyclic) bond motifs is 8. The second-order valence-electron chi connectivity index (χ2n) is 32.5. The van der Waals surface area contributed by atoms with Gasteiger partial charge >= 0.3 is 16.4 Å². The fourth-order valence-corrected chi connectivity index (χ4v) is 20.5. The molecule has 9 N–H and O–H groups in total. The van der Waals surface area contributed by atoms with Crippen molar-refractivity contribution in [3.63, 3.8) is 0 Å². The van der Waals surface area contributed by atoms with Crippen molar-refractivity contribution in [3.8, 4) is 23.5 Å². The highest BCUT2D eigenvalue weighted by Crippen LogP contribution is 2.42. The number of rotatable bonds is 19. The minimum atomic E-state index is -4.67. The van der Waals surface area contributed by atoms with Crippen LogP contribution < -0.4 is 39.9 Å². The largest absolute Gasteiger partial charge is 0.474 e. The zero-order chi connectivity index (χ0) is 93.5. The second kappa shape index (κ2) is 42.2. The van der Waals surface area contributed by atoms with E-state index in [0.717, 1.165) is 83.3 Å². The van der Waals surface area contributed by atoms with Crippen molar-refractivity contribution in [1.29, 1.82) is 0 Å². The summed E-state index contributed by atoms with van der Waals surface area (Å²) in [6, 6.07) is 41.9. The molecule has 4 unspecified atom stereocenters. The molecule has 0 saturated carbocycles. The number of hydrogen-bond acceptors (Lipinski definition) is 24. The van der Waals surface area contributed by atoms with Crippen LogP contribution in [0.4, 0.5) is 16.2 Å². The van der Waals surface area contributed by atoms with E-state index >= 15 is 0 Å². The van der Waals surface area contributed by atoms with Crippen molar-refractivity contribution in [2.24, 2.45) is 5.14 Å². The summed E-state index contributed by atoms with van der Waals surface area (Å²) >= 11 is 2.15. The summed E-state index contributed by atoms with van der Waals surface area (Å²) in [5.74, 6) is 0.714. The molecule has 0 spiro atoms. The van der Waals surface area contributed by atoms with E-state index in [1.165, 1.54) is 119 Å². The predicted octanol–water partition coefficient (Wildman–Crippen LogP) is 10.7. The third-order valence-corrected chi connectivity index (χ3v) is 28.4. The van der Waals surface area contributed by atoms with Gasteiger partial charge in [-0.15, -0.1) is 0 Å². The number of hydrogen-bond donors (Lipinski definition) is 7. The monoisotopic (exact) mass is 1980 g/mol. The normalized spacial score (nSPS) is 19.6. The molecule has 0 radical (unpaired) electrons. The Morgan fingerprint density at radius 1 is 0.477 bits per heavy atom. The highest BCUT2D eigenvalue weighted by atomic mass is 127. The number of aromatic nitrogens is 8. The van der Waals surface area contributed by atoms with Crippen molar-refractivity contribution in [1.82, 2.24) is 52.5 Å². The Hall–Kier alpha value is -9.45. The number of nitrogens with zero attached hydrogens (tertiary/aromatic N) is 10. The maximum atomic E-state index is 13.7. The Bertz CT molecular complexity index is 5990. The molecular weight excluding hydrogens is 1860 g/mol. The van der Waals surface area contributed by atoms with Crippen LogP contribution >= 0.6 is 22.6 Å². The lowest BCUT2D eigenvalue weighted by Gasteiger charge is -2.33. The summed E-state index contributed by atoms with van der Waals surface area (Å²) in [6.45, 7) is 12.6. The van der Waals surface area contributed by atoms with E-state index in [0.29, 0.717) is 26.5 Å². The molecular formula is C87H113IN14O21S5. The Morgan fingerprint density at radius 2 is 0.758 bits per heavy atom. The molecule has 8 aliphatic rings. The Balaban J connectivity index is 0.000000156. The lowest BCUT2D eigenvalue weighted by molar-refractivity contribution is -0.0655. The van der Waals surface area contributed by atoms with Gasteiger partial charge in [-0.25, -0.2) is 67.1 Å². The molecule has 6 aromatic carbocycles. The van der Waals surface area contributed by atoms with Crippen LogP contribution in [0.25, 0.3) is 0 Å². The first-order valence-electron chi connectivity index (χ1n) is 42.0. The number of nitrogen functional groups attached to an aromatic ring is 1. The van der Waals surface area contributed by atoms with Gasteiger partial charge in [0.15, 0.2) is 19.6 Å². The number of urea groups is 1. The lowest BCUT2D eigenvalue weighted by atomic mass is 9.99. The molecule has 0 fully saturated rings. The number of benzene rings is 6. The number of aryl methyl sites for hydroxylation is 4. The number of carbonyl (C=O) groups excluding carboxylic acids is 1. The van der Waals surface area contributed by atoms with Crippen molar-refractivity contribution in [2.75, 3.05) is 63.7 Å². The van der Waals surface area contributed by atoms with Gasteiger partial charge in [-0.2, -0.15) is 37.4 Å². The molecule has 8 heterocycles. The first-order chi connectivity index (χ1) is 61.2. The van der Waals surface area contributed by atoms with Crippen LogP contribution in [0.1, 0.15) is 135 Å². The number of sulfonamides is 4. The molecule has 0 bridgehead atoms. The fraction of sp³-hybridized carbons (Fsp3) is 0.437. The third kappa shape index (κ3) is 24.4. The standard InChI is InChI=1S/C22H25N3O4S.C21H26N4O5S.C21H23N3O4S.C12H15N.C8H13N3O4S.C2H6.CH3I.H2O4S/c1-22(28-2)16-25-21(29-17-22)20(13-23-25)30(26,27)24(14-18-9-5-3-6-10-18)15-19-11-7-4-8-12-19;1-21(29-2)11-25-19(30-12-21)17(10-22-25)31(27,28)24-20(26)23-18-15-7-3-5-13(15)9-14-6-4-8-16(14)18;1-21(25)15-24-20(28-16-21)19(12-22-24)29(26,27)23(13-17-8-4-2-5-9-17)14-18-10-6-3-7-11-18;13-12-10-5-1-3-8(10)7-9-4-2-6-11(9)12;1-8(14-2)4-11-7(15-5-8)6(3-10-11)16(9,12)13;2*1-2;1-5(2,3)4/h3-13H,14-17H2,1-2H3;9-10H,3-8,11-12H2,1-2H3,(H2,23,24,26);2-12,25H,13-16H2,1H3;7H,1-6,13H2;3H,4-5H2,1-2H3,(H2,9,12,13);1-2H3;1H3;(H2,1,2,3,4)/i;;;;;1D;;. The maximum Gasteiger partial charge on any atom is 0.394 e. The van der Waals surface area contributed by atoms with E-state index in [4.69, 9.17) is 62.9 Å². The highest BCUT2D eigenvalue weighted by Gasteiger charge is 2.43. The summed E-state index contributed by atoms with van der Waals surface area (Å²) in [6.07, 6.45) is 18.5. The topological polar surface area (TPSA) is 467 Å². The number of nitrogens with one attached hydrogen (secondary N) is 2. The van der Waals surface area contributed by atoms with Gasteiger partial charge in [0, 0.05) is 60.3 Å². The third-order valence-electron chi connectivity index (χ3n) is 22.6. The predicted molar refractivity (Wildman–Crippen MR) is 488 cm³/mol. The molecule has 2 amide bonds. The molecule has 4 aliphatic heterocycles. The minimum Gasteiger partial charge on any atom is -0.474 e. The molecule has 4 atom stereocenters. The van der Waals surface area contributed by atoms with Crippen LogP contribution in [0.3, 0.4) is 0 Å². The first kappa shape index (κ1) is 97.6. The molecule has 35 nitrogen and oxygen atoms in total. The van der Waals surface area contributed by atoms with Gasteiger partial charge in [0.1, 0.15) is 48.8 Å². The Labute approximate surface area is 763 Å². The van der Waals surface area contributed by atoms with Crippen LogP contribution in [0.5, 0.6) is 23.5 Å². The van der Waals surface area contributed by atoms with Gasteiger partial charge in [0.2, 0.25) is 33.5 Å². The van der Waals surface area contributed by atoms with Crippen molar-refractivity contribution in [2.45, 2.75) is 213 Å². The molecule has 694 valence electrons. The number of carbonyl (C=O) groups is 1. The summed E-state index contributed by atoms with van der Waals surface area (Å²) in [4.78, 5) is 14.6. The number of primary sulfonamides is 1. The lowest BCUT2D eigenvalue weighted by Crippen LogP contribution is -2.44. The number of amides is 2. The second-order valence-corrected chi connectivity index (χ2v) is 40.4. The maximum absolute atomic E-state index is 13.7. The fourth-order valence-electron chi connectivity index (χ4n) is 15.9. The van der Waals surface area contributed by atoms with E-state index in [1.807, 2.05) is 147 Å². The first-order valence-corrected chi connectivity index (χ1v) is 50.8. The summed E-state index contributed by atoms with van der Waals surface area (Å²) in [7, 11) is -15.6. The quantitative estimate of drug-likeness (QED) is 0.0171. The molecule has 4 aromatic heterocycles. The van der Waals surface area contributed by atoms with Crippen molar-refractivity contribution in [3.05, 3.63) is 225 Å². The molecule has 41 heteroatoms.